The molecule has 3 heterocycles. The lowest BCUT2D eigenvalue weighted by molar-refractivity contribution is 0.188. The maximum atomic E-state index is 9.24. The van der Waals surface area contributed by atoms with Crippen molar-refractivity contribution in [2.24, 2.45) is 0 Å². The Bertz CT molecular complexity index is 1220. The van der Waals surface area contributed by atoms with Crippen molar-refractivity contribution in [3.05, 3.63) is 60.8 Å². The summed E-state index contributed by atoms with van der Waals surface area (Å²) in [5.74, 6) is 2.13. The van der Waals surface area contributed by atoms with Crippen LogP contribution in [-0.2, 0) is 0 Å². The van der Waals surface area contributed by atoms with Crippen LogP contribution in [0.4, 0.5) is 17.5 Å². The Morgan fingerprint density at radius 1 is 1.00 bits per heavy atom. The van der Waals surface area contributed by atoms with Gasteiger partial charge in [0.25, 0.3) is 0 Å². The van der Waals surface area contributed by atoms with Crippen LogP contribution in [-0.4, -0.2) is 76.2 Å². The number of benzene rings is 2. The second kappa shape index (κ2) is 9.43. The standard InChI is InChI=1S/C24H27N7O2/c1-33-20-9-5-6-18(16-20)26-22-21-17-25-31(19-7-3-2-4-8-19)23(21)28-24(27-22)30-12-10-29(11-13-30)14-15-32/h2-9,16-17,32H,10-15H2,1H3,(H,26,27,28). The molecule has 9 heteroatoms. The third-order valence-electron chi connectivity index (χ3n) is 5.82. The number of rotatable bonds is 7. The Morgan fingerprint density at radius 3 is 2.58 bits per heavy atom. The van der Waals surface area contributed by atoms with Crippen LogP contribution in [0.2, 0.25) is 0 Å². The molecule has 0 unspecified atom stereocenters. The monoisotopic (exact) mass is 445 g/mol. The van der Waals surface area contributed by atoms with Gasteiger partial charge in [0, 0.05) is 44.5 Å². The molecule has 0 bridgehead atoms. The smallest absolute Gasteiger partial charge is 0.229 e. The minimum Gasteiger partial charge on any atom is -0.497 e. The van der Waals surface area contributed by atoms with E-state index in [4.69, 9.17) is 14.7 Å². The van der Waals surface area contributed by atoms with Gasteiger partial charge in [0.2, 0.25) is 5.95 Å². The SMILES string of the molecule is COc1cccc(Nc2nc(N3CCN(CCO)CC3)nc3c2cnn3-c2ccccc2)c1. The Labute approximate surface area is 192 Å². The number of aliphatic hydroxyl groups excluding tert-OH is 1. The van der Waals surface area contributed by atoms with Crippen LogP contribution in [0.1, 0.15) is 0 Å². The number of β-amino-alcohol motifs (C(OH)–C–C–N with tert-alkyl or cyclic N) is 1. The van der Waals surface area contributed by atoms with Crippen LogP contribution in [0.3, 0.4) is 0 Å². The van der Waals surface area contributed by atoms with Gasteiger partial charge in [-0.2, -0.15) is 15.1 Å². The molecule has 1 aliphatic heterocycles. The normalized spacial score (nSPS) is 14.5. The van der Waals surface area contributed by atoms with E-state index >= 15 is 0 Å². The maximum absolute atomic E-state index is 9.24. The third-order valence-corrected chi connectivity index (χ3v) is 5.82. The number of ether oxygens (including phenoxy) is 1. The quantitative estimate of drug-likeness (QED) is 0.449. The molecule has 5 rings (SSSR count). The molecule has 2 aromatic heterocycles. The Morgan fingerprint density at radius 2 is 1.82 bits per heavy atom. The highest BCUT2D eigenvalue weighted by atomic mass is 16.5. The number of para-hydroxylation sites is 1. The first-order chi connectivity index (χ1) is 16.2. The lowest BCUT2D eigenvalue weighted by atomic mass is 10.3. The number of nitrogens with zero attached hydrogens (tertiary/aromatic N) is 6. The number of piperazine rings is 1. The van der Waals surface area contributed by atoms with E-state index in [1.807, 2.05) is 59.3 Å². The van der Waals surface area contributed by atoms with Gasteiger partial charge in [0.1, 0.15) is 11.6 Å². The number of aliphatic hydroxyl groups is 1. The van der Waals surface area contributed by atoms with Crippen LogP contribution in [0, 0.1) is 0 Å². The average Bonchev–Trinajstić information content (AvgIpc) is 3.30. The van der Waals surface area contributed by atoms with Crippen molar-refractivity contribution < 1.29 is 9.84 Å². The van der Waals surface area contributed by atoms with Gasteiger partial charge in [-0.15, -0.1) is 0 Å². The van der Waals surface area contributed by atoms with Gasteiger partial charge < -0.3 is 20.1 Å². The van der Waals surface area contributed by atoms with Gasteiger partial charge >= 0.3 is 0 Å². The molecule has 0 atom stereocenters. The maximum Gasteiger partial charge on any atom is 0.229 e. The number of fused-ring (bicyclic) bond motifs is 1. The molecule has 33 heavy (non-hydrogen) atoms. The zero-order valence-electron chi connectivity index (χ0n) is 18.6. The number of anilines is 3. The van der Waals surface area contributed by atoms with Crippen molar-refractivity contribution in [1.29, 1.82) is 0 Å². The molecule has 0 amide bonds. The van der Waals surface area contributed by atoms with E-state index in [0.717, 1.165) is 54.3 Å². The van der Waals surface area contributed by atoms with E-state index in [9.17, 15) is 5.11 Å². The van der Waals surface area contributed by atoms with Gasteiger partial charge in [-0.25, -0.2) is 4.68 Å². The summed E-state index contributed by atoms with van der Waals surface area (Å²) >= 11 is 0. The van der Waals surface area contributed by atoms with E-state index in [1.54, 1.807) is 13.3 Å². The topological polar surface area (TPSA) is 91.6 Å². The van der Waals surface area contributed by atoms with Gasteiger partial charge in [-0.3, -0.25) is 4.90 Å². The summed E-state index contributed by atoms with van der Waals surface area (Å²) in [6.07, 6.45) is 1.80. The Hall–Kier alpha value is -3.69. The van der Waals surface area contributed by atoms with Crippen molar-refractivity contribution in [2.45, 2.75) is 0 Å². The number of aromatic nitrogens is 4. The highest BCUT2D eigenvalue weighted by molar-refractivity contribution is 5.90. The second-order valence-electron chi connectivity index (χ2n) is 7.91. The summed E-state index contributed by atoms with van der Waals surface area (Å²) in [7, 11) is 1.65. The van der Waals surface area contributed by atoms with Crippen molar-refractivity contribution in [3.63, 3.8) is 0 Å². The number of hydrogen-bond acceptors (Lipinski definition) is 8. The zero-order chi connectivity index (χ0) is 22.6. The molecule has 170 valence electrons. The molecular weight excluding hydrogens is 418 g/mol. The minimum atomic E-state index is 0.174. The summed E-state index contributed by atoms with van der Waals surface area (Å²) in [6.45, 7) is 4.18. The molecular formula is C24H27N7O2. The summed E-state index contributed by atoms with van der Waals surface area (Å²) in [4.78, 5) is 14.3. The van der Waals surface area contributed by atoms with Gasteiger partial charge in [0.05, 0.1) is 31.0 Å². The molecule has 0 aliphatic carbocycles. The molecule has 1 fully saturated rings. The first-order valence-corrected chi connectivity index (χ1v) is 11.1. The summed E-state index contributed by atoms with van der Waals surface area (Å²) in [5.41, 5.74) is 2.56. The zero-order valence-corrected chi connectivity index (χ0v) is 18.6. The Balaban J connectivity index is 1.55. The molecule has 0 spiro atoms. The van der Waals surface area contributed by atoms with Crippen molar-refractivity contribution in [2.75, 3.05) is 56.7 Å². The summed E-state index contributed by atoms with van der Waals surface area (Å²) in [6, 6.07) is 17.7. The van der Waals surface area contributed by atoms with E-state index in [2.05, 4.69) is 20.2 Å². The highest BCUT2D eigenvalue weighted by Crippen LogP contribution is 2.29. The van der Waals surface area contributed by atoms with Crippen LogP contribution in [0.5, 0.6) is 5.75 Å². The second-order valence-corrected chi connectivity index (χ2v) is 7.91. The lowest BCUT2D eigenvalue weighted by Crippen LogP contribution is -2.47. The molecule has 2 N–H and O–H groups in total. The number of hydrogen-bond donors (Lipinski definition) is 2. The van der Waals surface area contributed by atoms with E-state index in [1.165, 1.54) is 0 Å². The van der Waals surface area contributed by atoms with Gasteiger partial charge in [-0.05, 0) is 24.3 Å². The molecule has 0 saturated carbocycles. The molecule has 0 radical (unpaired) electrons. The molecule has 4 aromatic rings. The molecule has 1 aliphatic rings. The molecule has 1 saturated heterocycles. The number of nitrogens with one attached hydrogen (secondary N) is 1. The van der Waals surface area contributed by atoms with Gasteiger partial charge in [-0.1, -0.05) is 24.3 Å². The van der Waals surface area contributed by atoms with Crippen LogP contribution >= 0.6 is 0 Å². The average molecular weight is 446 g/mol. The van der Waals surface area contributed by atoms with Crippen LogP contribution in [0.15, 0.2) is 60.8 Å². The largest absolute Gasteiger partial charge is 0.497 e. The Kier molecular flexibility index (Phi) is 6.05. The minimum absolute atomic E-state index is 0.174. The van der Waals surface area contributed by atoms with Crippen molar-refractivity contribution >= 4 is 28.5 Å². The third kappa shape index (κ3) is 4.46. The van der Waals surface area contributed by atoms with E-state index in [-0.39, 0.29) is 6.61 Å². The summed E-state index contributed by atoms with van der Waals surface area (Å²) < 4.78 is 7.22. The van der Waals surface area contributed by atoms with Crippen LogP contribution < -0.4 is 15.0 Å². The molecule has 2 aromatic carbocycles. The van der Waals surface area contributed by atoms with Crippen LogP contribution in [0.25, 0.3) is 16.7 Å². The molecule has 9 nitrogen and oxygen atoms in total. The van der Waals surface area contributed by atoms with E-state index < -0.39 is 0 Å². The fraction of sp³-hybridized carbons (Fsp3) is 0.292. The van der Waals surface area contributed by atoms with Crippen molar-refractivity contribution in [1.82, 2.24) is 24.6 Å². The van der Waals surface area contributed by atoms with E-state index in [0.29, 0.717) is 18.3 Å². The summed E-state index contributed by atoms with van der Waals surface area (Å²) in [5, 5.41) is 18.1. The lowest BCUT2D eigenvalue weighted by Gasteiger charge is -2.34. The first-order valence-electron chi connectivity index (χ1n) is 11.1. The predicted octanol–water partition coefficient (Wildman–Crippen LogP) is 2.68. The first kappa shape index (κ1) is 21.2. The fourth-order valence-electron chi connectivity index (χ4n) is 4.04. The highest BCUT2D eigenvalue weighted by Gasteiger charge is 2.22. The number of methoxy groups -OCH3 is 1. The van der Waals surface area contributed by atoms with Crippen molar-refractivity contribution in [3.8, 4) is 11.4 Å². The van der Waals surface area contributed by atoms with Gasteiger partial charge in [0.15, 0.2) is 5.65 Å². The fourth-order valence-corrected chi connectivity index (χ4v) is 4.04. The predicted molar refractivity (Wildman–Crippen MR) is 129 cm³/mol.